The number of aryl methyl sites for hydroxylation is 3. The molecule has 0 saturated carbocycles. The Morgan fingerprint density at radius 3 is 2.50 bits per heavy atom. The quantitative estimate of drug-likeness (QED) is 0.501. The van der Waals surface area contributed by atoms with Crippen molar-refractivity contribution in [3.63, 3.8) is 0 Å². The van der Waals surface area contributed by atoms with Crippen LogP contribution in [0.4, 0.5) is 5.69 Å². The predicted molar refractivity (Wildman–Crippen MR) is 110 cm³/mol. The van der Waals surface area contributed by atoms with Gasteiger partial charge in [-0.05, 0) is 49.2 Å². The van der Waals surface area contributed by atoms with Crippen molar-refractivity contribution in [2.45, 2.75) is 38.6 Å². The lowest BCUT2D eigenvalue weighted by molar-refractivity contribution is 0.375. The van der Waals surface area contributed by atoms with Crippen molar-refractivity contribution in [2.75, 3.05) is 4.72 Å². The summed E-state index contributed by atoms with van der Waals surface area (Å²) in [7, 11) is -3.86. The Bertz CT molecular complexity index is 1380. The molecule has 0 saturated heterocycles. The number of benzene rings is 2. The monoisotopic (exact) mass is 428 g/mol. The zero-order valence-electron chi connectivity index (χ0n) is 16.7. The Kier molecular flexibility index (Phi) is 4.94. The van der Waals surface area contributed by atoms with E-state index in [0.29, 0.717) is 29.3 Å². The maximum Gasteiger partial charge on any atom is 0.420 e. The van der Waals surface area contributed by atoms with Crippen molar-refractivity contribution in [3.8, 4) is 0 Å². The highest BCUT2D eigenvalue weighted by Crippen LogP contribution is 2.23. The number of hydrogen-bond acceptors (Lipinski definition) is 7. The molecule has 0 spiro atoms. The van der Waals surface area contributed by atoms with Crippen LogP contribution < -0.4 is 10.5 Å². The van der Waals surface area contributed by atoms with Gasteiger partial charge in [-0.25, -0.2) is 13.2 Å². The van der Waals surface area contributed by atoms with E-state index in [2.05, 4.69) is 14.9 Å². The highest BCUT2D eigenvalue weighted by molar-refractivity contribution is 7.92. The molecule has 10 heteroatoms. The van der Waals surface area contributed by atoms with Gasteiger partial charge in [-0.1, -0.05) is 18.1 Å². The largest absolute Gasteiger partial charge is 0.420 e. The Morgan fingerprint density at radius 2 is 1.83 bits per heavy atom. The minimum absolute atomic E-state index is 0.0112. The summed E-state index contributed by atoms with van der Waals surface area (Å²) in [4.78, 5) is 16.5. The smallest absolute Gasteiger partial charge is 0.408 e. The molecule has 9 nitrogen and oxygen atoms in total. The van der Waals surface area contributed by atoms with Crippen LogP contribution in [0.1, 0.15) is 29.8 Å². The molecule has 2 heterocycles. The number of hydrogen-bond donors (Lipinski definition) is 1. The summed E-state index contributed by atoms with van der Waals surface area (Å²) in [5, 5.41) is 3.83. The minimum Gasteiger partial charge on any atom is -0.408 e. The second-order valence-electron chi connectivity index (χ2n) is 7.02. The highest BCUT2D eigenvalue weighted by atomic mass is 32.2. The molecule has 0 radical (unpaired) electrons. The predicted octanol–water partition coefficient (Wildman–Crippen LogP) is 3.01. The third kappa shape index (κ3) is 3.86. The molecule has 0 aliphatic rings. The maximum atomic E-state index is 12.8. The van der Waals surface area contributed by atoms with Crippen LogP contribution in [0.3, 0.4) is 0 Å². The Hall–Kier alpha value is -3.40. The van der Waals surface area contributed by atoms with Crippen molar-refractivity contribution < 1.29 is 17.4 Å². The number of rotatable bonds is 6. The van der Waals surface area contributed by atoms with Crippen molar-refractivity contribution in [2.24, 2.45) is 0 Å². The number of anilines is 1. The summed E-state index contributed by atoms with van der Waals surface area (Å²) in [5.74, 6) is 0.172. The molecular formula is C20H20N4O5S. The number of oxazole rings is 1. The lowest BCUT2D eigenvalue weighted by Crippen LogP contribution is -2.15. The second kappa shape index (κ2) is 7.45. The van der Waals surface area contributed by atoms with E-state index in [-0.39, 0.29) is 17.0 Å². The molecular weight excluding hydrogens is 408 g/mol. The first-order valence-corrected chi connectivity index (χ1v) is 10.8. The van der Waals surface area contributed by atoms with Crippen molar-refractivity contribution in [3.05, 3.63) is 69.8 Å². The first kappa shape index (κ1) is 19.9. The van der Waals surface area contributed by atoms with Gasteiger partial charge in [0.2, 0.25) is 5.89 Å². The molecule has 0 amide bonds. The fourth-order valence-electron chi connectivity index (χ4n) is 3.25. The third-order valence-corrected chi connectivity index (χ3v) is 5.92. The van der Waals surface area contributed by atoms with Crippen LogP contribution in [0.25, 0.3) is 11.1 Å². The Labute approximate surface area is 172 Å². The zero-order valence-corrected chi connectivity index (χ0v) is 17.5. The van der Waals surface area contributed by atoms with E-state index in [4.69, 9.17) is 8.94 Å². The maximum absolute atomic E-state index is 12.8. The summed E-state index contributed by atoms with van der Waals surface area (Å²) in [6, 6.07) is 9.72. The van der Waals surface area contributed by atoms with Crippen molar-refractivity contribution in [1.29, 1.82) is 0 Å². The molecule has 2 aromatic carbocycles. The Balaban J connectivity index is 1.67. The molecule has 0 aliphatic heterocycles. The van der Waals surface area contributed by atoms with Gasteiger partial charge in [-0.3, -0.25) is 9.29 Å². The third-order valence-electron chi connectivity index (χ3n) is 4.54. The average molecular weight is 428 g/mol. The minimum atomic E-state index is -3.86. The number of nitrogens with one attached hydrogen (secondary N) is 1. The van der Waals surface area contributed by atoms with Gasteiger partial charge in [0.25, 0.3) is 10.0 Å². The van der Waals surface area contributed by atoms with Crippen LogP contribution in [-0.2, 0) is 23.0 Å². The van der Waals surface area contributed by atoms with Gasteiger partial charge in [0.15, 0.2) is 11.4 Å². The van der Waals surface area contributed by atoms with E-state index in [9.17, 15) is 13.2 Å². The molecule has 0 aliphatic carbocycles. The number of aromatic nitrogens is 3. The van der Waals surface area contributed by atoms with Gasteiger partial charge < -0.3 is 8.94 Å². The molecule has 2 aromatic heterocycles. The van der Waals surface area contributed by atoms with Crippen molar-refractivity contribution in [1.82, 2.24) is 14.7 Å². The van der Waals surface area contributed by atoms with Crippen LogP contribution in [0.5, 0.6) is 0 Å². The standard InChI is InChI=1S/C20H20N4O5S/c1-4-19-21-18(22-29-19)11-24-16-6-5-15(10-17(16)28-20(24)25)30(26,27)23-14-8-12(2)7-13(3)9-14/h5-10,23H,4,11H2,1-3H3. The van der Waals surface area contributed by atoms with Gasteiger partial charge in [-0.15, -0.1) is 0 Å². The topological polar surface area (TPSA) is 120 Å². The van der Waals surface area contributed by atoms with Gasteiger partial charge in [0.05, 0.1) is 17.0 Å². The summed E-state index contributed by atoms with van der Waals surface area (Å²) in [5.41, 5.74) is 2.95. The fourth-order valence-corrected chi connectivity index (χ4v) is 4.31. The van der Waals surface area contributed by atoms with E-state index in [1.54, 1.807) is 12.1 Å². The summed E-state index contributed by atoms with van der Waals surface area (Å²) < 4.78 is 39.8. The normalized spacial score (nSPS) is 11.8. The number of nitrogens with zero attached hydrogens (tertiary/aromatic N) is 3. The second-order valence-corrected chi connectivity index (χ2v) is 8.71. The van der Waals surface area contributed by atoms with Crippen LogP contribution in [0.2, 0.25) is 0 Å². The van der Waals surface area contributed by atoms with Crippen LogP contribution in [0.15, 0.2) is 55.0 Å². The van der Waals surface area contributed by atoms with Gasteiger partial charge in [0.1, 0.15) is 0 Å². The summed E-state index contributed by atoms with van der Waals surface area (Å²) >= 11 is 0. The lowest BCUT2D eigenvalue weighted by Gasteiger charge is -2.10. The lowest BCUT2D eigenvalue weighted by atomic mass is 10.1. The van der Waals surface area contributed by atoms with E-state index >= 15 is 0 Å². The van der Waals surface area contributed by atoms with E-state index in [1.165, 1.54) is 22.8 Å². The molecule has 1 N–H and O–H groups in total. The molecule has 4 aromatic rings. The zero-order chi connectivity index (χ0) is 21.5. The Morgan fingerprint density at radius 1 is 1.10 bits per heavy atom. The molecule has 30 heavy (non-hydrogen) atoms. The van der Waals surface area contributed by atoms with Crippen LogP contribution in [-0.4, -0.2) is 23.1 Å². The molecule has 4 rings (SSSR count). The van der Waals surface area contributed by atoms with Gasteiger partial charge >= 0.3 is 5.76 Å². The average Bonchev–Trinajstić information content (AvgIpc) is 3.24. The van der Waals surface area contributed by atoms with Crippen LogP contribution in [0, 0.1) is 13.8 Å². The first-order chi connectivity index (χ1) is 14.2. The SMILES string of the molecule is CCc1nc(Cn2c(=O)oc3cc(S(=O)(=O)Nc4cc(C)cc(C)c4)ccc32)no1. The van der Waals surface area contributed by atoms with Gasteiger partial charge in [0, 0.05) is 18.2 Å². The van der Waals surface area contributed by atoms with Crippen molar-refractivity contribution >= 4 is 26.8 Å². The van der Waals surface area contributed by atoms with E-state index < -0.39 is 15.8 Å². The molecule has 0 atom stereocenters. The van der Waals surface area contributed by atoms with Crippen LogP contribution >= 0.6 is 0 Å². The molecule has 0 unspecified atom stereocenters. The summed E-state index contributed by atoms with van der Waals surface area (Å²) in [6.45, 7) is 5.72. The van der Waals surface area contributed by atoms with E-state index in [1.807, 2.05) is 26.8 Å². The first-order valence-electron chi connectivity index (χ1n) is 9.31. The molecule has 0 bridgehead atoms. The van der Waals surface area contributed by atoms with Gasteiger partial charge in [-0.2, -0.15) is 4.98 Å². The molecule has 0 fully saturated rings. The summed E-state index contributed by atoms with van der Waals surface area (Å²) in [6.07, 6.45) is 0.586. The molecule has 156 valence electrons. The van der Waals surface area contributed by atoms with E-state index in [0.717, 1.165) is 11.1 Å². The number of sulfonamides is 1. The fraction of sp³-hybridized carbons (Fsp3) is 0.250. The highest BCUT2D eigenvalue weighted by Gasteiger charge is 2.19. The number of fused-ring (bicyclic) bond motifs is 1.